The summed E-state index contributed by atoms with van der Waals surface area (Å²) < 4.78 is 14.0. The molecule has 2 atom stereocenters. The standard InChI is InChI=1S/C28H28ClFN4OS/c1-16-7-10-23-19(12-16)20(14-24(31-23)25-6-5-11-36-25)27(35)32-26-17(2)33-34(28(26,3)4)15-18-8-9-21(29)22(30)13-18/h5-11,13-14,16,26H,12,15H2,1-4H3,(H,32,35). The van der Waals surface area contributed by atoms with Gasteiger partial charge in [-0.15, -0.1) is 11.3 Å². The van der Waals surface area contributed by atoms with Gasteiger partial charge in [-0.1, -0.05) is 36.7 Å². The number of fused-ring (bicyclic) bond motifs is 1. The Morgan fingerprint density at radius 1 is 1.31 bits per heavy atom. The quantitative estimate of drug-likeness (QED) is 0.412. The van der Waals surface area contributed by atoms with Gasteiger partial charge in [0.05, 0.1) is 45.1 Å². The van der Waals surface area contributed by atoms with Crippen LogP contribution in [0.1, 0.15) is 54.9 Å². The van der Waals surface area contributed by atoms with Crippen molar-refractivity contribution in [2.45, 2.75) is 52.2 Å². The highest BCUT2D eigenvalue weighted by Gasteiger charge is 2.43. The first-order valence-electron chi connectivity index (χ1n) is 12.0. The summed E-state index contributed by atoms with van der Waals surface area (Å²) in [6.07, 6.45) is 4.93. The summed E-state index contributed by atoms with van der Waals surface area (Å²) in [5, 5.41) is 12.0. The first-order chi connectivity index (χ1) is 17.1. The van der Waals surface area contributed by atoms with Gasteiger partial charge in [0.1, 0.15) is 5.82 Å². The van der Waals surface area contributed by atoms with Crippen LogP contribution in [-0.2, 0) is 13.0 Å². The maximum Gasteiger partial charge on any atom is 0.252 e. The maximum absolute atomic E-state index is 14.0. The summed E-state index contributed by atoms with van der Waals surface area (Å²) in [7, 11) is 0. The normalized spacial score (nSPS) is 20.3. The minimum absolute atomic E-state index is 0.0935. The number of hydrazone groups is 1. The number of aromatic nitrogens is 1. The molecule has 36 heavy (non-hydrogen) atoms. The highest BCUT2D eigenvalue weighted by molar-refractivity contribution is 7.13. The Hall–Kier alpha value is -3.03. The molecule has 3 heterocycles. The van der Waals surface area contributed by atoms with Crippen LogP contribution >= 0.6 is 22.9 Å². The molecule has 0 bridgehead atoms. The minimum atomic E-state index is -0.521. The number of hydrogen-bond acceptors (Lipinski definition) is 5. The van der Waals surface area contributed by atoms with Crippen molar-refractivity contribution in [2.24, 2.45) is 11.0 Å². The number of nitrogens with one attached hydrogen (secondary N) is 1. The zero-order chi connectivity index (χ0) is 25.6. The van der Waals surface area contributed by atoms with Crippen molar-refractivity contribution in [1.82, 2.24) is 15.3 Å². The molecule has 1 N–H and O–H groups in total. The van der Waals surface area contributed by atoms with E-state index < -0.39 is 11.4 Å². The first-order valence-corrected chi connectivity index (χ1v) is 13.2. The van der Waals surface area contributed by atoms with Crippen LogP contribution in [-0.4, -0.2) is 33.2 Å². The van der Waals surface area contributed by atoms with E-state index >= 15 is 0 Å². The van der Waals surface area contributed by atoms with Crippen LogP contribution in [0.5, 0.6) is 0 Å². The van der Waals surface area contributed by atoms with Crippen LogP contribution < -0.4 is 5.32 Å². The first kappa shape index (κ1) is 24.7. The van der Waals surface area contributed by atoms with Crippen LogP contribution in [0, 0.1) is 11.7 Å². The van der Waals surface area contributed by atoms with Crippen molar-refractivity contribution in [1.29, 1.82) is 0 Å². The number of thiophene rings is 1. The Morgan fingerprint density at radius 3 is 2.83 bits per heavy atom. The van der Waals surface area contributed by atoms with Crippen molar-refractivity contribution >= 4 is 40.6 Å². The van der Waals surface area contributed by atoms with Gasteiger partial charge in [-0.25, -0.2) is 9.37 Å². The van der Waals surface area contributed by atoms with Gasteiger partial charge in [-0.05, 0) is 80.0 Å². The zero-order valence-corrected chi connectivity index (χ0v) is 22.3. The van der Waals surface area contributed by atoms with Crippen LogP contribution in [0.3, 0.4) is 0 Å². The number of pyridine rings is 1. The van der Waals surface area contributed by atoms with Gasteiger partial charge in [-0.3, -0.25) is 9.80 Å². The lowest BCUT2D eigenvalue weighted by atomic mass is 9.88. The number of nitrogens with zero attached hydrogens (tertiary/aromatic N) is 3. The van der Waals surface area contributed by atoms with Crippen LogP contribution in [0.15, 0.2) is 53.0 Å². The largest absolute Gasteiger partial charge is 0.341 e. The lowest BCUT2D eigenvalue weighted by Gasteiger charge is -2.36. The molecule has 0 saturated carbocycles. The Balaban J connectivity index is 1.43. The van der Waals surface area contributed by atoms with E-state index in [1.165, 1.54) is 6.07 Å². The summed E-state index contributed by atoms with van der Waals surface area (Å²) in [5.41, 5.74) is 4.33. The summed E-state index contributed by atoms with van der Waals surface area (Å²) in [6.45, 7) is 8.53. The number of carbonyl (C=O) groups is 1. The fourth-order valence-corrected chi connectivity index (χ4v) is 5.72. The van der Waals surface area contributed by atoms with Crippen molar-refractivity contribution in [3.8, 4) is 10.6 Å². The molecule has 1 aliphatic carbocycles. The Bertz CT molecular complexity index is 1380. The fourth-order valence-electron chi connectivity index (χ4n) is 4.92. The second-order valence-corrected chi connectivity index (χ2v) is 11.4. The van der Waals surface area contributed by atoms with Crippen molar-refractivity contribution in [3.63, 3.8) is 0 Å². The monoisotopic (exact) mass is 522 g/mol. The molecule has 8 heteroatoms. The molecule has 1 aromatic carbocycles. The zero-order valence-electron chi connectivity index (χ0n) is 20.7. The maximum atomic E-state index is 14.0. The molecule has 3 aromatic rings. The molecular formula is C28H28ClFN4OS. The number of rotatable bonds is 5. The number of hydrogen-bond donors (Lipinski definition) is 1. The lowest BCUT2D eigenvalue weighted by molar-refractivity contribution is 0.0858. The second-order valence-electron chi connectivity index (χ2n) is 10.0. The third-order valence-electron chi connectivity index (χ3n) is 6.94. The number of allylic oxidation sites excluding steroid dienone is 1. The minimum Gasteiger partial charge on any atom is -0.341 e. The molecule has 0 saturated heterocycles. The van der Waals surface area contributed by atoms with Crippen LogP contribution in [0.2, 0.25) is 5.02 Å². The average molecular weight is 523 g/mol. The predicted molar refractivity (Wildman–Crippen MR) is 145 cm³/mol. The molecule has 0 radical (unpaired) electrons. The van der Waals surface area contributed by atoms with Gasteiger partial charge in [0.25, 0.3) is 5.91 Å². The second kappa shape index (κ2) is 9.45. The van der Waals surface area contributed by atoms with E-state index in [0.29, 0.717) is 18.0 Å². The van der Waals surface area contributed by atoms with E-state index in [1.54, 1.807) is 23.5 Å². The molecule has 186 valence electrons. The molecule has 0 fully saturated rings. The summed E-state index contributed by atoms with van der Waals surface area (Å²) in [6, 6.07) is 10.4. The van der Waals surface area contributed by atoms with Gasteiger partial charge in [0.2, 0.25) is 0 Å². The molecule has 2 aliphatic rings. The molecule has 1 amide bonds. The van der Waals surface area contributed by atoms with Gasteiger partial charge >= 0.3 is 0 Å². The Labute approximate surface area is 219 Å². The lowest BCUT2D eigenvalue weighted by Crippen LogP contribution is -2.55. The third-order valence-corrected chi connectivity index (χ3v) is 8.14. The Kier molecular flexibility index (Phi) is 6.47. The topological polar surface area (TPSA) is 57.6 Å². The molecule has 0 spiro atoms. The predicted octanol–water partition coefficient (Wildman–Crippen LogP) is 6.58. The van der Waals surface area contributed by atoms with E-state index in [4.69, 9.17) is 21.7 Å². The Morgan fingerprint density at radius 2 is 2.11 bits per heavy atom. The summed E-state index contributed by atoms with van der Waals surface area (Å²) in [4.78, 5) is 19.7. The number of benzene rings is 1. The van der Waals surface area contributed by atoms with E-state index in [2.05, 4.69) is 18.3 Å². The van der Waals surface area contributed by atoms with E-state index in [9.17, 15) is 9.18 Å². The summed E-state index contributed by atoms with van der Waals surface area (Å²) in [5.74, 6) is -0.259. The fraction of sp³-hybridized carbons (Fsp3) is 0.321. The van der Waals surface area contributed by atoms with E-state index in [-0.39, 0.29) is 17.0 Å². The van der Waals surface area contributed by atoms with Gasteiger partial charge in [0, 0.05) is 5.56 Å². The van der Waals surface area contributed by atoms with Gasteiger partial charge in [-0.2, -0.15) is 5.10 Å². The molecule has 5 nitrogen and oxygen atoms in total. The highest BCUT2D eigenvalue weighted by atomic mass is 35.5. The number of carbonyl (C=O) groups excluding carboxylic acids is 1. The molecule has 5 rings (SSSR count). The SMILES string of the molecule is CC1=NN(Cc2ccc(Cl)c(F)c2)C(C)(C)C1NC(=O)c1cc(-c2cccs2)nc2c1CC(C)C=C2. The van der Waals surface area contributed by atoms with E-state index in [1.807, 2.05) is 55.4 Å². The number of amides is 1. The molecule has 2 unspecified atom stereocenters. The average Bonchev–Trinajstić information content (AvgIpc) is 3.44. The van der Waals surface area contributed by atoms with Crippen molar-refractivity contribution in [3.05, 3.63) is 81.1 Å². The highest BCUT2D eigenvalue weighted by Crippen LogP contribution is 2.33. The smallest absolute Gasteiger partial charge is 0.252 e. The molecular weight excluding hydrogens is 495 g/mol. The van der Waals surface area contributed by atoms with Gasteiger partial charge in [0.15, 0.2) is 0 Å². The van der Waals surface area contributed by atoms with Crippen molar-refractivity contribution in [2.75, 3.05) is 0 Å². The van der Waals surface area contributed by atoms with E-state index in [0.717, 1.165) is 39.5 Å². The molecule has 2 aromatic heterocycles. The number of halogens is 2. The van der Waals surface area contributed by atoms with Crippen LogP contribution in [0.25, 0.3) is 16.6 Å². The van der Waals surface area contributed by atoms with Crippen molar-refractivity contribution < 1.29 is 9.18 Å². The van der Waals surface area contributed by atoms with Crippen LogP contribution in [0.4, 0.5) is 4.39 Å². The summed E-state index contributed by atoms with van der Waals surface area (Å²) >= 11 is 7.45. The third kappa shape index (κ3) is 4.58. The van der Waals surface area contributed by atoms with Gasteiger partial charge < -0.3 is 5.32 Å². The molecule has 1 aliphatic heterocycles.